The van der Waals surface area contributed by atoms with Crippen LogP contribution in [-0.4, -0.2) is 0 Å². The molecule has 0 saturated carbocycles. The first-order chi connectivity index (χ1) is 3.39. The van der Waals surface area contributed by atoms with E-state index < -0.39 is 0 Å². The molecule has 1 aromatic carbocycles. The van der Waals surface area contributed by atoms with Crippen LogP contribution in [0.5, 0.6) is 0 Å². The first-order valence-electron chi connectivity index (χ1n) is 2.32. The number of hydrogen-bond donors (Lipinski definition) is 0. The van der Waals surface area contributed by atoms with Crippen molar-refractivity contribution in [1.82, 2.24) is 0 Å². The molecular weight excluding hydrogens is 279 g/mol. The Bertz CT molecular complexity index is 134. The molecule has 0 saturated heterocycles. The van der Waals surface area contributed by atoms with Gasteiger partial charge in [-0.1, -0.05) is 6.92 Å². The van der Waals surface area contributed by atoms with E-state index in [0.29, 0.717) is 0 Å². The van der Waals surface area contributed by atoms with Gasteiger partial charge in [-0.2, -0.15) is 35.9 Å². The van der Waals surface area contributed by atoms with Gasteiger partial charge in [-0.3, -0.25) is 0 Å². The average Bonchev–Trinajstić information content (AvgIpc) is 1.69. The summed E-state index contributed by atoms with van der Waals surface area (Å²) in [6, 6.07) is 10.8. The van der Waals surface area contributed by atoms with Crippen molar-refractivity contribution < 1.29 is 21.1 Å². The van der Waals surface area contributed by atoms with Gasteiger partial charge in [0.1, 0.15) is 0 Å². The molecule has 0 aliphatic heterocycles. The zero-order valence-electron chi connectivity index (χ0n) is 4.63. The fourth-order valence-corrected chi connectivity index (χ4v) is 0.483. The molecule has 8 heavy (non-hydrogen) atoms. The molecule has 46 valence electrons. The summed E-state index contributed by atoms with van der Waals surface area (Å²) in [6.45, 7) is 2.05. The van der Waals surface area contributed by atoms with Crippen molar-refractivity contribution in [3.63, 3.8) is 0 Å². The maximum atomic E-state index is 2.96. The summed E-state index contributed by atoms with van der Waals surface area (Å²) < 4.78 is 0. The van der Waals surface area contributed by atoms with Crippen molar-refractivity contribution in [2.45, 2.75) is 6.92 Å². The van der Waals surface area contributed by atoms with E-state index in [4.69, 9.17) is 0 Å². The van der Waals surface area contributed by atoms with Crippen LogP contribution in [0, 0.1) is 13.0 Å². The van der Waals surface area contributed by atoms with E-state index in [1.165, 1.54) is 5.56 Å². The first kappa shape index (κ1) is 7.91. The van der Waals surface area contributed by atoms with E-state index in [1.54, 1.807) is 0 Å². The summed E-state index contributed by atoms with van der Waals surface area (Å²) in [7, 11) is 0. The Morgan fingerprint density at radius 3 is 2.50 bits per heavy atom. The molecule has 0 spiro atoms. The van der Waals surface area contributed by atoms with E-state index in [9.17, 15) is 0 Å². The predicted octanol–water partition coefficient (Wildman–Crippen LogP) is 1.79. The number of hydrogen-bond acceptors (Lipinski definition) is 0. The smallest absolute Gasteiger partial charge is 0 e. The summed E-state index contributed by atoms with van der Waals surface area (Å²) in [5.41, 5.74) is 1.27. The van der Waals surface area contributed by atoms with Crippen LogP contribution in [0.3, 0.4) is 0 Å². The molecule has 1 aromatic rings. The van der Waals surface area contributed by atoms with Gasteiger partial charge in [0, 0.05) is 21.1 Å². The van der Waals surface area contributed by atoms with Crippen molar-refractivity contribution >= 4 is 0 Å². The summed E-state index contributed by atoms with van der Waals surface area (Å²) in [4.78, 5) is 0. The molecule has 0 aromatic heterocycles. The molecule has 1 rings (SSSR count). The molecule has 0 N–H and O–H groups in total. The van der Waals surface area contributed by atoms with Gasteiger partial charge in [0.15, 0.2) is 0 Å². The van der Waals surface area contributed by atoms with E-state index in [2.05, 4.69) is 19.1 Å². The maximum Gasteiger partial charge on any atom is 0 e. The normalized spacial score (nSPS) is 7.62. The van der Waals surface area contributed by atoms with Crippen molar-refractivity contribution in [2.24, 2.45) is 0 Å². The summed E-state index contributed by atoms with van der Waals surface area (Å²) in [6.07, 6.45) is 0. The molecule has 0 aliphatic rings. The second kappa shape index (κ2) is 3.86. The molecule has 0 amide bonds. The van der Waals surface area contributed by atoms with Crippen LogP contribution in [-0.2, 0) is 21.1 Å². The predicted molar refractivity (Wildman–Crippen MR) is 30.0 cm³/mol. The monoisotopic (exact) mass is 286 g/mol. The quantitative estimate of drug-likeness (QED) is 0.638. The molecule has 0 radical (unpaired) electrons. The van der Waals surface area contributed by atoms with E-state index in [-0.39, 0.29) is 21.1 Å². The number of aryl methyl sites for hydroxylation is 1. The maximum absolute atomic E-state index is 2.96. The topological polar surface area (TPSA) is 0 Å². The van der Waals surface area contributed by atoms with Crippen LogP contribution < -0.4 is 0 Å². The molecule has 0 unspecified atom stereocenters. The summed E-state index contributed by atoms with van der Waals surface area (Å²) in [5, 5.41) is 0. The Morgan fingerprint density at radius 2 is 2.25 bits per heavy atom. The largest absolute Gasteiger partial charge is 0.184 e. The van der Waals surface area contributed by atoms with Gasteiger partial charge in [-0.25, -0.2) is 0 Å². The first-order valence-corrected chi connectivity index (χ1v) is 2.32. The van der Waals surface area contributed by atoms with Gasteiger partial charge in [0.25, 0.3) is 0 Å². The van der Waals surface area contributed by atoms with Crippen LogP contribution in [0.4, 0.5) is 0 Å². The molecule has 0 fully saturated rings. The molecular formula is C7H7Pt-. The Hall–Kier alpha value is -0.0917. The van der Waals surface area contributed by atoms with Gasteiger partial charge in [-0.15, -0.1) is 0 Å². The Kier molecular flexibility index (Phi) is 3.81. The second-order valence-electron chi connectivity index (χ2n) is 1.58. The molecule has 0 atom stereocenters. The third-order valence-electron chi connectivity index (χ3n) is 0.863. The average molecular weight is 286 g/mol. The Labute approximate surface area is 64.2 Å². The Morgan fingerprint density at radius 1 is 1.50 bits per heavy atom. The number of benzene rings is 1. The minimum atomic E-state index is 0. The van der Waals surface area contributed by atoms with Crippen molar-refractivity contribution in [3.8, 4) is 0 Å². The second-order valence-corrected chi connectivity index (χ2v) is 1.58. The van der Waals surface area contributed by atoms with Gasteiger partial charge in [0.05, 0.1) is 0 Å². The third kappa shape index (κ3) is 2.28. The SMILES string of the molecule is Cc1c[c-]ccc1.[Pt]. The Balaban J connectivity index is 0.000000490. The van der Waals surface area contributed by atoms with Crippen LogP contribution in [0.15, 0.2) is 24.3 Å². The van der Waals surface area contributed by atoms with Crippen LogP contribution in [0.2, 0.25) is 0 Å². The molecule has 0 heterocycles. The minimum absolute atomic E-state index is 0. The van der Waals surface area contributed by atoms with Gasteiger partial charge < -0.3 is 0 Å². The van der Waals surface area contributed by atoms with Crippen molar-refractivity contribution in [2.75, 3.05) is 0 Å². The minimum Gasteiger partial charge on any atom is -0.184 e. The number of rotatable bonds is 0. The molecule has 0 aliphatic carbocycles. The van der Waals surface area contributed by atoms with E-state index >= 15 is 0 Å². The van der Waals surface area contributed by atoms with Crippen LogP contribution >= 0.6 is 0 Å². The molecule has 1 heteroatoms. The zero-order valence-corrected chi connectivity index (χ0v) is 6.90. The summed E-state index contributed by atoms with van der Waals surface area (Å²) in [5.74, 6) is 0. The fraction of sp³-hybridized carbons (Fsp3) is 0.143. The van der Waals surface area contributed by atoms with Crippen LogP contribution in [0.1, 0.15) is 5.56 Å². The van der Waals surface area contributed by atoms with Gasteiger partial charge >= 0.3 is 0 Å². The summed E-state index contributed by atoms with van der Waals surface area (Å²) >= 11 is 0. The molecule has 0 bridgehead atoms. The van der Waals surface area contributed by atoms with Crippen molar-refractivity contribution in [3.05, 3.63) is 35.9 Å². The standard InChI is InChI=1S/C7H7.Pt/c1-7-5-3-2-4-6-7;/h2-3,5-6H,1H3;/q-1;. The van der Waals surface area contributed by atoms with Crippen LogP contribution in [0.25, 0.3) is 0 Å². The van der Waals surface area contributed by atoms with E-state index in [1.807, 2.05) is 18.2 Å². The van der Waals surface area contributed by atoms with E-state index in [0.717, 1.165) is 0 Å². The van der Waals surface area contributed by atoms with Crippen molar-refractivity contribution in [1.29, 1.82) is 0 Å². The third-order valence-corrected chi connectivity index (χ3v) is 0.863. The van der Waals surface area contributed by atoms with Gasteiger partial charge in [0.2, 0.25) is 0 Å². The fourth-order valence-electron chi connectivity index (χ4n) is 0.483. The molecule has 0 nitrogen and oxygen atoms in total. The zero-order chi connectivity index (χ0) is 5.11. The van der Waals surface area contributed by atoms with Gasteiger partial charge in [-0.05, 0) is 0 Å².